The van der Waals surface area contributed by atoms with Crippen LogP contribution in [0.1, 0.15) is 106 Å². The van der Waals surface area contributed by atoms with E-state index in [1.807, 2.05) is 6.92 Å². The van der Waals surface area contributed by atoms with Crippen LogP contribution < -0.4 is 0 Å². The first kappa shape index (κ1) is 55.5. The summed E-state index contributed by atoms with van der Waals surface area (Å²) in [7, 11) is 0. The van der Waals surface area contributed by atoms with Crippen molar-refractivity contribution < 1.29 is 104 Å². The van der Waals surface area contributed by atoms with E-state index in [0.717, 1.165) is 57.1 Å². The third-order valence-electron chi connectivity index (χ3n) is 19.4. The number of aliphatic hydroxyl groups excluding tert-OH is 12. The monoisotopic (exact) mass is 1030 g/mol. The minimum atomic E-state index is -1.73. The van der Waals surface area contributed by atoms with Crippen molar-refractivity contribution in [1.82, 2.24) is 0 Å². The molecular formula is C51H84O21. The van der Waals surface area contributed by atoms with Crippen LogP contribution in [0.25, 0.3) is 0 Å². The summed E-state index contributed by atoms with van der Waals surface area (Å²) in [6.07, 6.45) is -19.4. The summed E-state index contributed by atoms with van der Waals surface area (Å²) in [5.41, 5.74) is 1.48. The highest BCUT2D eigenvalue weighted by molar-refractivity contribution is 5.27. The maximum Gasteiger partial charge on any atom is 0.187 e. The Morgan fingerprint density at radius 3 is 1.81 bits per heavy atom. The number of aliphatic hydroxyl groups is 12. The SMILES string of the molecule is CC1=C(CCC(C)CO[C@@H]2O[C@H](CO)[C@@H](O)[C@H](O)[C@H]2O)OC2C[C@H]3[C@@H]4CCC5C[C@@H](O[C@@H]6O[C@H](CO)[C@@H](O[C@@H]7O[C@@H](C)[C@H](O)[C@@H](O)[C@H]7O)[C@H](O)[C@H]6O[C@@H]6O[C@@H](C)[C@H](O)[C@@H](O)[C@H]6O)CC[C@]5(C)[C@H]4CC[C@]3(C)C12. The maximum absolute atomic E-state index is 12.1. The van der Waals surface area contributed by atoms with Gasteiger partial charge >= 0.3 is 0 Å². The van der Waals surface area contributed by atoms with E-state index in [1.165, 1.54) is 19.4 Å². The van der Waals surface area contributed by atoms with Gasteiger partial charge in [0.05, 0.1) is 43.9 Å². The van der Waals surface area contributed by atoms with E-state index < -0.39 is 136 Å². The Labute approximate surface area is 421 Å². The molecule has 0 aromatic carbocycles. The van der Waals surface area contributed by atoms with Gasteiger partial charge in [-0.25, -0.2) is 0 Å². The zero-order valence-corrected chi connectivity index (χ0v) is 42.4. The van der Waals surface area contributed by atoms with Gasteiger partial charge < -0.3 is 104 Å². The van der Waals surface area contributed by atoms with Crippen LogP contribution in [-0.2, 0) is 42.6 Å². The summed E-state index contributed by atoms with van der Waals surface area (Å²) in [5, 5.41) is 126. The molecular weight excluding hydrogens is 949 g/mol. The highest BCUT2D eigenvalue weighted by Crippen LogP contribution is 2.70. The lowest BCUT2D eigenvalue weighted by molar-refractivity contribution is -0.389. The standard InChI is InChI=1S/C51H84O21/c1-20(19-64-46-40(60)39(59)36(56)31(17-52)69-46)7-10-29-21(2)33-30(68-29)16-28-26-9-8-24-15-25(11-13-50(24,5)27(26)12-14-51(28,33)6)67-49-45(72-48-42(62)38(58)35(55)23(4)66-48)43(63)44(32(18-53)70-49)71-47-41(61)37(57)34(54)22(3)65-47/h20,22-28,30-49,52-63H,7-19H2,1-6H3/t20?,22-,23-,24?,25-,26+,27-,28-,30?,31+,32+,33?,34-,35-,36+,37+,38+,39-,40+,41+,42+,43-,44+,45+,46+,47-,48-,49+,50-,51-/m0/s1. The summed E-state index contributed by atoms with van der Waals surface area (Å²) in [6.45, 7) is 11.3. The van der Waals surface area contributed by atoms with Crippen molar-refractivity contribution >= 4 is 0 Å². The first-order chi connectivity index (χ1) is 34.1. The predicted molar refractivity (Wildman–Crippen MR) is 247 cm³/mol. The lowest BCUT2D eigenvalue weighted by Gasteiger charge is -2.61. The smallest absolute Gasteiger partial charge is 0.187 e. The van der Waals surface area contributed by atoms with Crippen molar-refractivity contribution in [2.45, 2.75) is 241 Å². The van der Waals surface area contributed by atoms with E-state index in [9.17, 15) is 61.3 Å². The van der Waals surface area contributed by atoms with Crippen molar-refractivity contribution in [3.63, 3.8) is 0 Å². The van der Waals surface area contributed by atoms with Gasteiger partial charge in [-0.1, -0.05) is 20.8 Å². The van der Waals surface area contributed by atoms with Crippen molar-refractivity contribution in [2.24, 2.45) is 46.3 Å². The van der Waals surface area contributed by atoms with E-state index in [4.69, 9.17) is 42.6 Å². The molecule has 5 aliphatic heterocycles. The molecule has 4 unspecified atom stereocenters. The normalized spacial score (nSPS) is 54.1. The van der Waals surface area contributed by atoms with Crippen LogP contribution in [0, 0.1) is 46.3 Å². The zero-order valence-electron chi connectivity index (χ0n) is 42.4. The number of fused-ring (bicyclic) bond motifs is 7. The maximum atomic E-state index is 12.1. The van der Waals surface area contributed by atoms with Gasteiger partial charge in [0.1, 0.15) is 91.6 Å². The molecule has 0 aromatic heterocycles. The van der Waals surface area contributed by atoms with E-state index in [1.54, 1.807) is 0 Å². The Kier molecular flexibility index (Phi) is 16.9. The Morgan fingerprint density at radius 2 is 1.17 bits per heavy atom. The molecule has 4 saturated carbocycles. The van der Waals surface area contributed by atoms with E-state index in [0.29, 0.717) is 42.4 Å². The lowest BCUT2D eigenvalue weighted by atomic mass is 9.44. The fourth-order valence-electron chi connectivity index (χ4n) is 15.1. The molecule has 0 spiro atoms. The second-order valence-corrected chi connectivity index (χ2v) is 23.7. The number of hydrogen-bond donors (Lipinski definition) is 12. The largest absolute Gasteiger partial charge is 0.494 e. The molecule has 414 valence electrons. The molecule has 0 radical (unpaired) electrons. The van der Waals surface area contributed by atoms with Gasteiger partial charge in [0.2, 0.25) is 0 Å². The van der Waals surface area contributed by atoms with Gasteiger partial charge in [-0.2, -0.15) is 0 Å². The first-order valence-electron chi connectivity index (χ1n) is 26.7. The molecule has 9 rings (SSSR count). The van der Waals surface area contributed by atoms with E-state index >= 15 is 0 Å². The molecule has 9 aliphatic rings. The summed E-state index contributed by atoms with van der Waals surface area (Å²) >= 11 is 0. The molecule has 0 aromatic rings. The molecule has 21 heteroatoms. The highest BCUT2D eigenvalue weighted by atomic mass is 16.8. The Bertz CT molecular complexity index is 1860. The van der Waals surface area contributed by atoms with Crippen LogP contribution >= 0.6 is 0 Å². The topological polar surface area (TPSA) is 326 Å². The molecule has 12 N–H and O–H groups in total. The molecule has 5 heterocycles. The van der Waals surface area contributed by atoms with Crippen molar-refractivity contribution in [3.05, 3.63) is 11.3 Å². The first-order valence-corrected chi connectivity index (χ1v) is 26.7. The number of allylic oxidation sites excluding steroid dienone is 1. The van der Waals surface area contributed by atoms with E-state index in [-0.39, 0.29) is 35.6 Å². The second kappa shape index (κ2) is 21.9. The quantitative estimate of drug-likeness (QED) is 0.0934. The fourth-order valence-corrected chi connectivity index (χ4v) is 15.1. The van der Waals surface area contributed by atoms with Crippen molar-refractivity contribution in [3.8, 4) is 0 Å². The minimum Gasteiger partial charge on any atom is -0.494 e. The minimum absolute atomic E-state index is 0.0468. The van der Waals surface area contributed by atoms with Crippen molar-refractivity contribution in [2.75, 3.05) is 19.8 Å². The predicted octanol–water partition coefficient (Wildman–Crippen LogP) is -0.950. The van der Waals surface area contributed by atoms with Crippen LogP contribution in [0.2, 0.25) is 0 Å². The number of rotatable bonds is 14. The second-order valence-electron chi connectivity index (χ2n) is 23.7. The molecule has 0 bridgehead atoms. The Balaban J connectivity index is 0.833. The molecule has 4 aliphatic carbocycles. The third kappa shape index (κ3) is 9.98. The van der Waals surface area contributed by atoms with Crippen LogP contribution in [0.15, 0.2) is 11.3 Å². The molecule has 4 saturated heterocycles. The van der Waals surface area contributed by atoms with E-state index in [2.05, 4.69) is 20.8 Å². The molecule has 21 nitrogen and oxygen atoms in total. The third-order valence-corrected chi connectivity index (χ3v) is 19.4. The summed E-state index contributed by atoms with van der Waals surface area (Å²) in [4.78, 5) is 0. The molecule has 72 heavy (non-hydrogen) atoms. The van der Waals surface area contributed by atoms with Crippen LogP contribution in [0.3, 0.4) is 0 Å². The van der Waals surface area contributed by atoms with Gasteiger partial charge in [-0.3, -0.25) is 0 Å². The van der Waals surface area contributed by atoms with Gasteiger partial charge in [0.25, 0.3) is 0 Å². The summed E-state index contributed by atoms with van der Waals surface area (Å²) < 4.78 is 54.9. The Hall–Kier alpha value is -1.26. The van der Waals surface area contributed by atoms with Gasteiger partial charge in [-0.15, -0.1) is 0 Å². The fraction of sp³-hybridized carbons (Fsp3) is 0.961. The van der Waals surface area contributed by atoms with Crippen LogP contribution in [0.5, 0.6) is 0 Å². The summed E-state index contributed by atoms with van der Waals surface area (Å²) in [6, 6.07) is 0. The van der Waals surface area contributed by atoms with Crippen LogP contribution in [-0.4, -0.2) is 216 Å². The lowest BCUT2D eigenvalue weighted by Crippen LogP contribution is -2.66. The molecule has 8 fully saturated rings. The highest BCUT2D eigenvalue weighted by Gasteiger charge is 2.65. The van der Waals surface area contributed by atoms with Crippen molar-refractivity contribution in [1.29, 1.82) is 0 Å². The Morgan fingerprint density at radius 1 is 0.583 bits per heavy atom. The average Bonchev–Trinajstić information content (AvgIpc) is 3.85. The number of ether oxygens (including phenoxy) is 9. The van der Waals surface area contributed by atoms with Gasteiger partial charge in [0, 0.05) is 12.3 Å². The van der Waals surface area contributed by atoms with Gasteiger partial charge in [0.15, 0.2) is 25.2 Å². The van der Waals surface area contributed by atoms with Gasteiger partial charge in [-0.05, 0) is 125 Å². The average molecular weight is 1030 g/mol. The van der Waals surface area contributed by atoms with Crippen LogP contribution in [0.4, 0.5) is 0 Å². The summed E-state index contributed by atoms with van der Waals surface area (Å²) in [5.74, 6) is 3.36. The molecule has 0 amide bonds. The molecule has 30 atom stereocenters. The zero-order chi connectivity index (χ0) is 51.9. The number of hydrogen-bond acceptors (Lipinski definition) is 21.